The molecule has 0 spiro atoms. The van der Waals surface area contributed by atoms with E-state index in [-0.39, 0.29) is 6.61 Å². The van der Waals surface area contributed by atoms with E-state index >= 15 is 0 Å². The highest BCUT2D eigenvalue weighted by Gasteiger charge is 2.10. The third-order valence-electron chi connectivity index (χ3n) is 3.03. The highest BCUT2D eigenvalue weighted by molar-refractivity contribution is 5.41. The lowest BCUT2D eigenvalue weighted by Crippen LogP contribution is -2.31. The summed E-state index contributed by atoms with van der Waals surface area (Å²) in [6.45, 7) is 5.07. The Kier molecular flexibility index (Phi) is 5.59. The van der Waals surface area contributed by atoms with Crippen LogP contribution in [0, 0.1) is 13.8 Å². The van der Waals surface area contributed by atoms with E-state index in [0.717, 1.165) is 17.9 Å². The number of ether oxygens (including phenoxy) is 1. The molecule has 2 N–H and O–H groups in total. The molecule has 0 amide bonds. The van der Waals surface area contributed by atoms with Crippen molar-refractivity contribution in [3.05, 3.63) is 28.8 Å². The maximum Gasteiger partial charge on any atom is 0.122 e. The Morgan fingerprint density at radius 1 is 1.28 bits per heavy atom. The van der Waals surface area contributed by atoms with E-state index in [9.17, 15) is 5.11 Å². The van der Waals surface area contributed by atoms with Crippen LogP contribution in [0.2, 0.25) is 0 Å². The van der Waals surface area contributed by atoms with E-state index in [1.165, 1.54) is 11.1 Å². The molecular formula is C14H23NO3. The van der Waals surface area contributed by atoms with Gasteiger partial charge in [0.05, 0.1) is 19.8 Å². The van der Waals surface area contributed by atoms with Gasteiger partial charge < -0.3 is 14.9 Å². The molecule has 1 atom stereocenters. The number of rotatable bonds is 6. The molecule has 0 heterocycles. The van der Waals surface area contributed by atoms with Gasteiger partial charge in [0.2, 0.25) is 0 Å². The fourth-order valence-corrected chi connectivity index (χ4v) is 2.01. The molecular weight excluding hydrogens is 230 g/mol. The Hall–Kier alpha value is -1.10. The third kappa shape index (κ3) is 3.98. The van der Waals surface area contributed by atoms with Gasteiger partial charge in [0.1, 0.15) is 5.75 Å². The van der Waals surface area contributed by atoms with Crippen LogP contribution >= 0.6 is 0 Å². The number of benzene rings is 1. The Labute approximate surface area is 109 Å². The van der Waals surface area contributed by atoms with Crippen LogP contribution in [0.4, 0.5) is 0 Å². The minimum atomic E-state index is -0.686. The average Bonchev–Trinajstić information content (AvgIpc) is 2.33. The van der Waals surface area contributed by atoms with Gasteiger partial charge in [-0.1, -0.05) is 6.07 Å². The predicted octanol–water partition coefficient (Wildman–Crippen LogP) is 1.10. The summed E-state index contributed by atoms with van der Waals surface area (Å²) in [5.74, 6) is 0.897. The molecule has 0 aliphatic carbocycles. The highest BCUT2D eigenvalue weighted by Crippen LogP contribution is 2.23. The van der Waals surface area contributed by atoms with Crippen LogP contribution in [0.1, 0.15) is 16.7 Å². The quantitative estimate of drug-likeness (QED) is 0.797. The fraction of sp³-hybridized carbons (Fsp3) is 0.571. The monoisotopic (exact) mass is 253 g/mol. The SMILES string of the molecule is COc1cc(C)c(CN(C)CC(O)CO)cc1C. The van der Waals surface area contributed by atoms with Crippen molar-refractivity contribution < 1.29 is 14.9 Å². The summed E-state index contributed by atoms with van der Waals surface area (Å²) >= 11 is 0. The largest absolute Gasteiger partial charge is 0.496 e. The summed E-state index contributed by atoms with van der Waals surface area (Å²) in [5, 5.41) is 18.2. The van der Waals surface area contributed by atoms with E-state index in [4.69, 9.17) is 9.84 Å². The average molecular weight is 253 g/mol. The van der Waals surface area contributed by atoms with E-state index in [1.807, 2.05) is 31.9 Å². The molecule has 0 saturated heterocycles. The van der Waals surface area contributed by atoms with Crippen molar-refractivity contribution in [3.8, 4) is 5.75 Å². The number of nitrogens with zero attached hydrogens (tertiary/aromatic N) is 1. The first-order valence-electron chi connectivity index (χ1n) is 6.09. The zero-order valence-electron chi connectivity index (χ0n) is 11.6. The van der Waals surface area contributed by atoms with Crippen molar-refractivity contribution in [1.82, 2.24) is 4.90 Å². The van der Waals surface area contributed by atoms with Crippen LogP contribution in [-0.4, -0.2) is 48.5 Å². The summed E-state index contributed by atoms with van der Waals surface area (Å²) in [6, 6.07) is 4.14. The van der Waals surface area contributed by atoms with Gasteiger partial charge >= 0.3 is 0 Å². The number of hydrogen-bond acceptors (Lipinski definition) is 4. The molecule has 1 aromatic carbocycles. The first-order valence-corrected chi connectivity index (χ1v) is 6.09. The van der Waals surface area contributed by atoms with Crippen molar-refractivity contribution in [1.29, 1.82) is 0 Å². The lowest BCUT2D eigenvalue weighted by Gasteiger charge is -2.21. The lowest BCUT2D eigenvalue weighted by atomic mass is 10.0. The molecule has 0 radical (unpaired) electrons. The van der Waals surface area contributed by atoms with E-state index in [1.54, 1.807) is 7.11 Å². The summed E-state index contributed by atoms with van der Waals surface area (Å²) in [6.07, 6.45) is -0.686. The Morgan fingerprint density at radius 2 is 1.94 bits per heavy atom. The zero-order chi connectivity index (χ0) is 13.7. The van der Waals surface area contributed by atoms with Crippen LogP contribution in [0.3, 0.4) is 0 Å². The van der Waals surface area contributed by atoms with Crippen molar-refractivity contribution >= 4 is 0 Å². The molecule has 1 rings (SSSR count). The van der Waals surface area contributed by atoms with E-state index in [0.29, 0.717) is 6.54 Å². The van der Waals surface area contributed by atoms with Gasteiger partial charge in [0.25, 0.3) is 0 Å². The first kappa shape index (κ1) is 15.0. The second-order valence-corrected chi connectivity index (χ2v) is 4.78. The van der Waals surface area contributed by atoms with Crippen LogP contribution < -0.4 is 4.74 Å². The number of methoxy groups -OCH3 is 1. The van der Waals surface area contributed by atoms with Crippen LogP contribution in [0.25, 0.3) is 0 Å². The van der Waals surface area contributed by atoms with Crippen LogP contribution in [0.15, 0.2) is 12.1 Å². The zero-order valence-corrected chi connectivity index (χ0v) is 11.6. The molecule has 4 nitrogen and oxygen atoms in total. The third-order valence-corrected chi connectivity index (χ3v) is 3.03. The molecule has 1 aromatic rings. The smallest absolute Gasteiger partial charge is 0.122 e. The topological polar surface area (TPSA) is 52.9 Å². The molecule has 0 saturated carbocycles. The second-order valence-electron chi connectivity index (χ2n) is 4.78. The van der Waals surface area contributed by atoms with Gasteiger partial charge in [-0.05, 0) is 43.7 Å². The minimum absolute atomic E-state index is 0.203. The highest BCUT2D eigenvalue weighted by atomic mass is 16.5. The Bertz CT molecular complexity index is 393. The maximum absolute atomic E-state index is 9.40. The van der Waals surface area contributed by atoms with Crippen LogP contribution in [0.5, 0.6) is 5.75 Å². The summed E-state index contributed by atoms with van der Waals surface area (Å²) in [4.78, 5) is 2.00. The number of hydrogen-bond donors (Lipinski definition) is 2. The minimum Gasteiger partial charge on any atom is -0.496 e. The van der Waals surface area contributed by atoms with Gasteiger partial charge in [-0.25, -0.2) is 0 Å². The van der Waals surface area contributed by atoms with Gasteiger partial charge in [0.15, 0.2) is 0 Å². The summed E-state index contributed by atoms with van der Waals surface area (Å²) < 4.78 is 5.28. The van der Waals surface area contributed by atoms with Crippen molar-refractivity contribution in [2.45, 2.75) is 26.5 Å². The molecule has 0 bridgehead atoms. The Balaban J connectivity index is 2.75. The molecule has 0 fully saturated rings. The predicted molar refractivity (Wildman–Crippen MR) is 71.9 cm³/mol. The van der Waals surface area contributed by atoms with Crippen molar-refractivity contribution in [2.24, 2.45) is 0 Å². The normalized spacial score (nSPS) is 12.8. The van der Waals surface area contributed by atoms with Gasteiger partial charge in [-0.2, -0.15) is 0 Å². The molecule has 18 heavy (non-hydrogen) atoms. The van der Waals surface area contributed by atoms with E-state index in [2.05, 4.69) is 6.07 Å². The summed E-state index contributed by atoms with van der Waals surface area (Å²) in [5.41, 5.74) is 3.48. The van der Waals surface area contributed by atoms with E-state index < -0.39 is 6.10 Å². The van der Waals surface area contributed by atoms with Gasteiger partial charge in [-0.3, -0.25) is 4.90 Å². The van der Waals surface area contributed by atoms with Crippen molar-refractivity contribution in [3.63, 3.8) is 0 Å². The van der Waals surface area contributed by atoms with Gasteiger partial charge in [-0.15, -0.1) is 0 Å². The van der Waals surface area contributed by atoms with Crippen LogP contribution in [-0.2, 0) is 6.54 Å². The number of aliphatic hydroxyl groups excluding tert-OH is 2. The molecule has 0 aromatic heterocycles. The maximum atomic E-state index is 9.40. The number of aliphatic hydroxyl groups is 2. The molecule has 1 unspecified atom stereocenters. The second kappa shape index (κ2) is 6.73. The molecule has 0 aliphatic heterocycles. The van der Waals surface area contributed by atoms with Crippen molar-refractivity contribution in [2.75, 3.05) is 27.3 Å². The molecule has 0 aliphatic rings. The standard InChI is InChI=1S/C14H23NO3/c1-10-6-14(18-4)11(2)5-12(10)7-15(3)8-13(17)9-16/h5-6,13,16-17H,7-9H2,1-4H3. The summed E-state index contributed by atoms with van der Waals surface area (Å²) in [7, 11) is 3.60. The molecule has 102 valence electrons. The molecule has 4 heteroatoms. The Morgan fingerprint density at radius 3 is 2.50 bits per heavy atom. The number of likely N-dealkylation sites (N-methyl/N-ethyl adjacent to an activating group) is 1. The lowest BCUT2D eigenvalue weighted by molar-refractivity contribution is 0.0647. The number of aryl methyl sites for hydroxylation is 2. The van der Waals surface area contributed by atoms with Gasteiger partial charge in [0, 0.05) is 13.1 Å². The fourth-order valence-electron chi connectivity index (χ4n) is 2.01. The first-order chi connectivity index (χ1) is 8.47.